The number of nitrogens with zero attached hydrogens (tertiary/aromatic N) is 2. The Labute approximate surface area is 117 Å². The molecule has 98 valence electrons. The smallest absolute Gasteiger partial charge is 0.170 e. The number of para-hydroxylation sites is 1. The van der Waals surface area contributed by atoms with Crippen molar-refractivity contribution in [3.63, 3.8) is 0 Å². The van der Waals surface area contributed by atoms with E-state index in [-0.39, 0.29) is 5.78 Å². The molecule has 0 aliphatic rings. The second-order valence-electron chi connectivity index (χ2n) is 4.73. The largest absolute Gasteiger partial charge is 0.294 e. The molecule has 2 heterocycles. The van der Waals surface area contributed by atoms with Crippen LogP contribution in [-0.2, 0) is 6.42 Å². The molecule has 2 aromatic heterocycles. The summed E-state index contributed by atoms with van der Waals surface area (Å²) in [5, 5.41) is 1.08. The van der Waals surface area contributed by atoms with Gasteiger partial charge in [0, 0.05) is 28.5 Å². The quantitative estimate of drug-likeness (QED) is 0.680. The highest BCUT2D eigenvalue weighted by atomic mass is 16.1. The normalized spacial score (nSPS) is 10.7. The number of Topliss-reactive ketones (excluding diaryl/α,β-unsaturated/α-hetero) is 1. The summed E-state index contributed by atoms with van der Waals surface area (Å²) in [6, 6.07) is 15.4. The molecule has 0 spiro atoms. The summed E-state index contributed by atoms with van der Waals surface area (Å²) >= 11 is 0. The van der Waals surface area contributed by atoms with Gasteiger partial charge in [-0.3, -0.25) is 14.8 Å². The van der Waals surface area contributed by atoms with E-state index in [1.54, 1.807) is 12.3 Å². The minimum atomic E-state index is 0.0541. The summed E-state index contributed by atoms with van der Waals surface area (Å²) in [5.41, 5.74) is 3.14. The predicted molar refractivity (Wildman–Crippen MR) is 78.8 cm³/mol. The number of carbonyl (C=O) groups is 1. The molecule has 0 aliphatic heterocycles. The molecule has 3 nitrogen and oxygen atoms in total. The van der Waals surface area contributed by atoms with E-state index in [0.29, 0.717) is 12.0 Å². The number of fused-ring (bicyclic) bond motifs is 1. The van der Waals surface area contributed by atoms with Crippen LogP contribution in [0.4, 0.5) is 0 Å². The van der Waals surface area contributed by atoms with Gasteiger partial charge in [0.2, 0.25) is 0 Å². The van der Waals surface area contributed by atoms with E-state index in [0.717, 1.165) is 22.3 Å². The molecule has 1 aromatic carbocycles. The lowest BCUT2D eigenvalue weighted by molar-refractivity contribution is 0.0991. The molecule has 0 aliphatic carbocycles. The van der Waals surface area contributed by atoms with Crippen LogP contribution < -0.4 is 0 Å². The van der Waals surface area contributed by atoms with Gasteiger partial charge >= 0.3 is 0 Å². The third-order valence-electron chi connectivity index (χ3n) is 3.31. The van der Waals surface area contributed by atoms with E-state index in [1.807, 2.05) is 49.4 Å². The summed E-state index contributed by atoms with van der Waals surface area (Å²) in [6.45, 7) is 1.85. The minimum absolute atomic E-state index is 0.0541. The van der Waals surface area contributed by atoms with Gasteiger partial charge < -0.3 is 0 Å². The summed E-state index contributed by atoms with van der Waals surface area (Å²) in [5.74, 6) is 0.0541. The number of aryl methyl sites for hydroxylation is 1. The molecule has 0 amide bonds. The Balaban J connectivity index is 1.89. The lowest BCUT2D eigenvalue weighted by Gasteiger charge is -2.05. The van der Waals surface area contributed by atoms with E-state index in [4.69, 9.17) is 0 Å². The van der Waals surface area contributed by atoms with Crippen molar-refractivity contribution < 1.29 is 4.79 Å². The van der Waals surface area contributed by atoms with Crippen molar-refractivity contribution in [3.8, 4) is 0 Å². The Morgan fingerprint density at radius 3 is 2.75 bits per heavy atom. The van der Waals surface area contributed by atoms with Gasteiger partial charge in [-0.1, -0.05) is 24.3 Å². The molecular weight excluding hydrogens is 248 g/mol. The lowest BCUT2D eigenvalue weighted by atomic mass is 10.0. The van der Waals surface area contributed by atoms with Gasteiger partial charge in [0.15, 0.2) is 5.78 Å². The Bertz CT molecular complexity index is 781. The van der Waals surface area contributed by atoms with Crippen LogP contribution in [0.15, 0.2) is 54.7 Å². The topological polar surface area (TPSA) is 42.9 Å². The predicted octanol–water partition coefficient (Wildman–Crippen LogP) is 3.36. The summed E-state index contributed by atoms with van der Waals surface area (Å²) in [7, 11) is 0. The first kappa shape index (κ1) is 12.5. The molecule has 0 unspecified atom stereocenters. The molecule has 3 rings (SSSR count). The van der Waals surface area contributed by atoms with Crippen LogP contribution in [0.2, 0.25) is 0 Å². The Morgan fingerprint density at radius 1 is 1.05 bits per heavy atom. The molecule has 20 heavy (non-hydrogen) atoms. The van der Waals surface area contributed by atoms with E-state index in [9.17, 15) is 4.79 Å². The lowest BCUT2D eigenvalue weighted by Crippen LogP contribution is -2.07. The fourth-order valence-electron chi connectivity index (χ4n) is 2.25. The van der Waals surface area contributed by atoms with Crippen molar-refractivity contribution in [2.45, 2.75) is 13.3 Å². The molecule has 0 radical (unpaired) electrons. The molecule has 0 bridgehead atoms. The van der Waals surface area contributed by atoms with E-state index < -0.39 is 0 Å². The fourth-order valence-corrected chi connectivity index (χ4v) is 2.25. The number of benzene rings is 1. The maximum atomic E-state index is 12.3. The second-order valence-corrected chi connectivity index (χ2v) is 4.73. The number of ketones is 1. The molecule has 3 aromatic rings. The Hall–Kier alpha value is -2.55. The number of hydrogen-bond donors (Lipinski definition) is 0. The highest BCUT2D eigenvalue weighted by Gasteiger charge is 2.11. The number of pyridine rings is 2. The van der Waals surface area contributed by atoms with Crippen molar-refractivity contribution in [2.24, 2.45) is 0 Å². The zero-order valence-corrected chi connectivity index (χ0v) is 11.2. The van der Waals surface area contributed by atoms with Crippen LogP contribution in [0, 0.1) is 6.92 Å². The average molecular weight is 262 g/mol. The van der Waals surface area contributed by atoms with E-state index in [2.05, 4.69) is 9.97 Å². The molecule has 0 fully saturated rings. The Kier molecular flexibility index (Phi) is 3.25. The summed E-state index contributed by atoms with van der Waals surface area (Å²) in [4.78, 5) is 21.0. The molecule has 0 saturated heterocycles. The van der Waals surface area contributed by atoms with Crippen molar-refractivity contribution in [1.29, 1.82) is 0 Å². The van der Waals surface area contributed by atoms with Gasteiger partial charge in [-0.2, -0.15) is 0 Å². The SMILES string of the molecule is Cc1ncccc1C(=O)Cc1ccc2ccccc2n1. The van der Waals surface area contributed by atoms with E-state index in [1.165, 1.54) is 0 Å². The van der Waals surface area contributed by atoms with Crippen LogP contribution in [-0.4, -0.2) is 15.8 Å². The first-order valence-electron chi connectivity index (χ1n) is 6.53. The second kappa shape index (κ2) is 5.21. The van der Waals surface area contributed by atoms with E-state index >= 15 is 0 Å². The van der Waals surface area contributed by atoms with Crippen LogP contribution in [0.25, 0.3) is 10.9 Å². The standard InChI is InChI=1S/C17H14N2O/c1-12-15(6-4-10-18-12)17(20)11-14-9-8-13-5-2-3-7-16(13)19-14/h2-10H,11H2,1H3. The maximum absolute atomic E-state index is 12.3. The summed E-state index contributed by atoms with van der Waals surface area (Å²) < 4.78 is 0. The molecule has 0 atom stereocenters. The highest BCUT2D eigenvalue weighted by Crippen LogP contribution is 2.14. The van der Waals surface area contributed by atoms with Crippen molar-refractivity contribution in [1.82, 2.24) is 9.97 Å². The van der Waals surface area contributed by atoms with Gasteiger partial charge in [0.05, 0.1) is 11.9 Å². The number of aromatic nitrogens is 2. The number of hydrogen-bond acceptors (Lipinski definition) is 3. The highest BCUT2D eigenvalue weighted by molar-refractivity contribution is 5.98. The molecular formula is C17H14N2O. The van der Waals surface area contributed by atoms with Crippen molar-refractivity contribution in [2.75, 3.05) is 0 Å². The average Bonchev–Trinajstić information content (AvgIpc) is 2.47. The van der Waals surface area contributed by atoms with Crippen LogP contribution >= 0.6 is 0 Å². The van der Waals surface area contributed by atoms with Gasteiger partial charge in [0.1, 0.15) is 0 Å². The van der Waals surface area contributed by atoms with Gasteiger partial charge in [-0.25, -0.2) is 0 Å². The molecule has 0 saturated carbocycles. The van der Waals surface area contributed by atoms with Crippen molar-refractivity contribution in [3.05, 3.63) is 71.7 Å². The monoisotopic (exact) mass is 262 g/mol. The number of rotatable bonds is 3. The molecule has 3 heteroatoms. The maximum Gasteiger partial charge on any atom is 0.170 e. The van der Waals surface area contributed by atoms with Gasteiger partial charge in [-0.15, -0.1) is 0 Å². The zero-order valence-electron chi connectivity index (χ0n) is 11.2. The van der Waals surface area contributed by atoms with Gasteiger partial charge in [-0.05, 0) is 31.2 Å². The van der Waals surface area contributed by atoms with Crippen LogP contribution in [0.3, 0.4) is 0 Å². The minimum Gasteiger partial charge on any atom is -0.294 e. The summed E-state index contributed by atoms with van der Waals surface area (Å²) in [6.07, 6.45) is 2.00. The third-order valence-corrected chi connectivity index (χ3v) is 3.31. The van der Waals surface area contributed by atoms with Crippen molar-refractivity contribution >= 4 is 16.7 Å². The molecule has 0 N–H and O–H groups in total. The third kappa shape index (κ3) is 2.43. The first-order valence-corrected chi connectivity index (χ1v) is 6.53. The number of carbonyl (C=O) groups excluding carboxylic acids is 1. The first-order chi connectivity index (χ1) is 9.74. The zero-order chi connectivity index (χ0) is 13.9. The van der Waals surface area contributed by atoms with Crippen LogP contribution in [0.1, 0.15) is 21.7 Å². The fraction of sp³-hybridized carbons (Fsp3) is 0.118. The Morgan fingerprint density at radius 2 is 1.90 bits per heavy atom. The van der Waals surface area contributed by atoms with Crippen LogP contribution in [0.5, 0.6) is 0 Å². The van der Waals surface area contributed by atoms with Gasteiger partial charge in [0.25, 0.3) is 0 Å².